The van der Waals surface area contributed by atoms with E-state index in [0.29, 0.717) is 12.6 Å². The van der Waals surface area contributed by atoms with Crippen LogP contribution >= 0.6 is 11.3 Å². The van der Waals surface area contributed by atoms with Gasteiger partial charge < -0.3 is 14.8 Å². The van der Waals surface area contributed by atoms with Crippen molar-refractivity contribution in [3.63, 3.8) is 0 Å². The molecule has 0 bridgehead atoms. The minimum atomic E-state index is 0.425. The van der Waals surface area contributed by atoms with Crippen molar-refractivity contribution in [2.75, 3.05) is 20.3 Å². The van der Waals surface area contributed by atoms with E-state index >= 15 is 0 Å². The zero-order valence-electron chi connectivity index (χ0n) is 12.0. The second kappa shape index (κ2) is 7.92. The van der Waals surface area contributed by atoms with Crippen LogP contribution in [0.1, 0.15) is 24.3 Å². The maximum Gasteiger partial charge on any atom is 0.119 e. The molecule has 0 fully saturated rings. The molecule has 1 atom stereocenters. The lowest BCUT2D eigenvalue weighted by Crippen LogP contribution is -2.25. The topological polar surface area (TPSA) is 30.5 Å². The monoisotopic (exact) mass is 291 g/mol. The van der Waals surface area contributed by atoms with E-state index < -0.39 is 0 Å². The van der Waals surface area contributed by atoms with Crippen molar-refractivity contribution in [3.05, 3.63) is 46.7 Å². The summed E-state index contributed by atoms with van der Waals surface area (Å²) in [6.45, 7) is 3.69. The van der Waals surface area contributed by atoms with Gasteiger partial charge in [0.25, 0.3) is 0 Å². The molecule has 0 aliphatic rings. The maximum atomic E-state index is 5.70. The van der Waals surface area contributed by atoms with Crippen molar-refractivity contribution in [2.45, 2.75) is 19.4 Å². The van der Waals surface area contributed by atoms with Gasteiger partial charge in [0.1, 0.15) is 18.1 Å². The van der Waals surface area contributed by atoms with E-state index in [1.54, 1.807) is 18.4 Å². The first-order valence-corrected chi connectivity index (χ1v) is 7.75. The lowest BCUT2D eigenvalue weighted by molar-refractivity contribution is 0.304. The predicted octanol–water partition coefficient (Wildman–Crippen LogP) is 3.88. The summed E-state index contributed by atoms with van der Waals surface area (Å²) in [5.41, 5.74) is 0. The number of rotatable bonds is 8. The number of ether oxygens (including phenoxy) is 2. The van der Waals surface area contributed by atoms with Crippen LogP contribution in [0.2, 0.25) is 0 Å². The smallest absolute Gasteiger partial charge is 0.119 e. The minimum Gasteiger partial charge on any atom is -0.497 e. The van der Waals surface area contributed by atoms with Crippen LogP contribution < -0.4 is 14.8 Å². The Morgan fingerprint density at radius 2 is 1.90 bits per heavy atom. The zero-order chi connectivity index (χ0) is 14.2. The van der Waals surface area contributed by atoms with Crippen molar-refractivity contribution in [1.82, 2.24) is 5.32 Å². The standard InChI is InChI=1S/C16H21NO2S/c1-3-15(16-5-4-12-20-16)17-10-11-19-14-8-6-13(18-2)7-9-14/h4-9,12,15,17H,3,10-11H2,1-2H3. The molecule has 0 radical (unpaired) electrons. The van der Waals surface area contributed by atoms with Gasteiger partial charge in [-0.25, -0.2) is 0 Å². The molecule has 1 aromatic heterocycles. The van der Waals surface area contributed by atoms with E-state index in [-0.39, 0.29) is 0 Å². The molecule has 108 valence electrons. The number of thiophene rings is 1. The van der Waals surface area contributed by atoms with Crippen molar-refractivity contribution in [2.24, 2.45) is 0 Å². The molecule has 4 heteroatoms. The third-order valence-electron chi connectivity index (χ3n) is 3.12. The summed E-state index contributed by atoms with van der Waals surface area (Å²) < 4.78 is 10.8. The van der Waals surface area contributed by atoms with Gasteiger partial charge in [0.05, 0.1) is 7.11 Å². The van der Waals surface area contributed by atoms with Crippen LogP contribution in [0, 0.1) is 0 Å². The number of hydrogen-bond acceptors (Lipinski definition) is 4. The highest BCUT2D eigenvalue weighted by atomic mass is 32.1. The summed E-state index contributed by atoms with van der Waals surface area (Å²) in [7, 11) is 1.66. The molecule has 0 aliphatic carbocycles. The Hall–Kier alpha value is -1.52. The van der Waals surface area contributed by atoms with Gasteiger partial charge >= 0.3 is 0 Å². The van der Waals surface area contributed by atoms with Crippen LogP contribution in [0.4, 0.5) is 0 Å². The Balaban J connectivity index is 1.72. The van der Waals surface area contributed by atoms with Gasteiger partial charge in [-0.15, -0.1) is 11.3 Å². The van der Waals surface area contributed by atoms with Gasteiger partial charge in [0.2, 0.25) is 0 Å². The largest absolute Gasteiger partial charge is 0.497 e. The first kappa shape index (κ1) is 14.9. The molecule has 2 aromatic rings. The van der Waals surface area contributed by atoms with Gasteiger partial charge in [0.15, 0.2) is 0 Å². The number of hydrogen-bond donors (Lipinski definition) is 1. The number of methoxy groups -OCH3 is 1. The normalized spacial score (nSPS) is 12.1. The van der Waals surface area contributed by atoms with Crippen LogP contribution in [-0.2, 0) is 0 Å². The van der Waals surface area contributed by atoms with Gasteiger partial charge in [0, 0.05) is 17.5 Å². The van der Waals surface area contributed by atoms with E-state index in [2.05, 4.69) is 29.8 Å². The second-order valence-electron chi connectivity index (χ2n) is 4.45. The first-order valence-electron chi connectivity index (χ1n) is 6.87. The van der Waals surface area contributed by atoms with Crippen LogP contribution in [0.15, 0.2) is 41.8 Å². The van der Waals surface area contributed by atoms with E-state index in [1.165, 1.54) is 4.88 Å². The third-order valence-corrected chi connectivity index (χ3v) is 4.10. The molecule has 1 unspecified atom stereocenters. The maximum absolute atomic E-state index is 5.70. The Kier molecular flexibility index (Phi) is 5.89. The van der Waals surface area contributed by atoms with Gasteiger partial charge in [-0.2, -0.15) is 0 Å². The SMILES string of the molecule is CCC(NCCOc1ccc(OC)cc1)c1cccs1. The molecule has 2 rings (SSSR count). The highest BCUT2D eigenvalue weighted by Gasteiger charge is 2.08. The molecule has 1 aromatic carbocycles. The minimum absolute atomic E-state index is 0.425. The third kappa shape index (κ3) is 4.25. The molecule has 0 aliphatic heterocycles. The van der Waals surface area contributed by atoms with Crippen LogP contribution in [-0.4, -0.2) is 20.3 Å². The van der Waals surface area contributed by atoms with E-state index in [4.69, 9.17) is 9.47 Å². The molecular formula is C16H21NO2S. The Labute approximate surface area is 124 Å². The van der Waals surface area contributed by atoms with Crippen LogP contribution in [0.5, 0.6) is 11.5 Å². The van der Waals surface area contributed by atoms with E-state index in [9.17, 15) is 0 Å². The molecule has 0 spiro atoms. The van der Waals surface area contributed by atoms with E-state index in [0.717, 1.165) is 24.5 Å². The van der Waals surface area contributed by atoms with Gasteiger partial charge in [-0.05, 0) is 42.1 Å². The summed E-state index contributed by atoms with van der Waals surface area (Å²) in [4.78, 5) is 1.39. The molecule has 0 saturated carbocycles. The summed E-state index contributed by atoms with van der Waals surface area (Å²) in [5, 5.41) is 5.64. The zero-order valence-corrected chi connectivity index (χ0v) is 12.8. The van der Waals surface area contributed by atoms with E-state index in [1.807, 2.05) is 24.3 Å². The summed E-state index contributed by atoms with van der Waals surface area (Å²) in [6, 6.07) is 12.4. The fourth-order valence-corrected chi connectivity index (χ4v) is 2.90. The molecule has 3 nitrogen and oxygen atoms in total. The van der Waals surface area contributed by atoms with Gasteiger partial charge in [-0.1, -0.05) is 13.0 Å². The predicted molar refractivity (Wildman–Crippen MR) is 83.8 cm³/mol. The van der Waals surface area contributed by atoms with Crippen molar-refractivity contribution < 1.29 is 9.47 Å². The van der Waals surface area contributed by atoms with Crippen molar-refractivity contribution >= 4 is 11.3 Å². The van der Waals surface area contributed by atoms with Crippen LogP contribution in [0.25, 0.3) is 0 Å². The average molecular weight is 291 g/mol. The Morgan fingerprint density at radius 1 is 1.15 bits per heavy atom. The lowest BCUT2D eigenvalue weighted by atomic mass is 10.2. The summed E-state index contributed by atoms with van der Waals surface area (Å²) >= 11 is 1.80. The average Bonchev–Trinajstić information content (AvgIpc) is 3.02. The number of nitrogens with one attached hydrogen (secondary N) is 1. The van der Waals surface area contributed by atoms with Crippen molar-refractivity contribution in [3.8, 4) is 11.5 Å². The Morgan fingerprint density at radius 3 is 2.50 bits per heavy atom. The lowest BCUT2D eigenvalue weighted by Gasteiger charge is -2.15. The second-order valence-corrected chi connectivity index (χ2v) is 5.43. The molecule has 0 saturated heterocycles. The Bertz CT molecular complexity index is 482. The quantitative estimate of drug-likeness (QED) is 0.749. The fourth-order valence-electron chi connectivity index (χ4n) is 2.01. The number of benzene rings is 1. The molecule has 1 N–H and O–H groups in total. The molecule has 0 amide bonds. The summed E-state index contributed by atoms with van der Waals surface area (Å²) in [6.07, 6.45) is 1.09. The molecule has 20 heavy (non-hydrogen) atoms. The van der Waals surface area contributed by atoms with Gasteiger partial charge in [-0.3, -0.25) is 0 Å². The molecule has 1 heterocycles. The van der Waals surface area contributed by atoms with Crippen LogP contribution in [0.3, 0.4) is 0 Å². The molecular weight excluding hydrogens is 270 g/mol. The highest BCUT2D eigenvalue weighted by molar-refractivity contribution is 7.10. The highest BCUT2D eigenvalue weighted by Crippen LogP contribution is 2.21. The summed E-state index contributed by atoms with van der Waals surface area (Å²) in [5.74, 6) is 1.72. The first-order chi connectivity index (χ1) is 9.83. The van der Waals surface area contributed by atoms with Crippen molar-refractivity contribution in [1.29, 1.82) is 0 Å². The fraction of sp³-hybridized carbons (Fsp3) is 0.375.